The summed E-state index contributed by atoms with van der Waals surface area (Å²) in [6.45, 7) is 1.44. The van der Waals surface area contributed by atoms with Crippen LogP contribution in [0.5, 0.6) is 0 Å². The van der Waals surface area contributed by atoms with Crippen LogP contribution in [0.15, 0.2) is 30.5 Å². The van der Waals surface area contributed by atoms with Gasteiger partial charge in [-0.25, -0.2) is 18.6 Å². The van der Waals surface area contributed by atoms with Crippen LogP contribution in [0.25, 0.3) is 0 Å². The van der Waals surface area contributed by atoms with Gasteiger partial charge in [-0.3, -0.25) is 0 Å². The van der Waals surface area contributed by atoms with E-state index in [1.807, 2.05) is 0 Å². The third-order valence-corrected chi connectivity index (χ3v) is 2.54. The minimum Gasteiger partial charge on any atom is -0.478 e. The zero-order valence-electron chi connectivity index (χ0n) is 9.95. The lowest BCUT2D eigenvalue weighted by atomic mass is 10.2. The van der Waals surface area contributed by atoms with E-state index in [2.05, 4.69) is 10.3 Å². The molecule has 0 unspecified atom stereocenters. The molecule has 2 rings (SSSR count). The molecule has 0 radical (unpaired) electrons. The molecule has 19 heavy (non-hydrogen) atoms. The van der Waals surface area contributed by atoms with E-state index < -0.39 is 17.6 Å². The van der Waals surface area contributed by atoms with E-state index in [0.717, 1.165) is 12.1 Å². The molecule has 1 aromatic carbocycles. The minimum absolute atomic E-state index is 0.0443. The van der Waals surface area contributed by atoms with Crippen molar-refractivity contribution in [1.29, 1.82) is 0 Å². The van der Waals surface area contributed by atoms with Crippen molar-refractivity contribution in [3.05, 3.63) is 53.2 Å². The molecule has 0 fully saturated rings. The number of anilines is 2. The first-order valence-electron chi connectivity index (χ1n) is 5.40. The highest BCUT2D eigenvalue weighted by molar-refractivity contribution is 5.93. The molecule has 0 saturated carbocycles. The van der Waals surface area contributed by atoms with Crippen molar-refractivity contribution in [3.8, 4) is 0 Å². The van der Waals surface area contributed by atoms with Crippen LogP contribution in [0.3, 0.4) is 0 Å². The maximum absolute atomic E-state index is 13.6. The Morgan fingerprint density at radius 3 is 2.74 bits per heavy atom. The van der Waals surface area contributed by atoms with Gasteiger partial charge in [0.25, 0.3) is 0 Å². The third-order valence-electron chi connectivity index (χ3n) is 2.54. The van der Waals surface area contributed by atoms with E-state index in [1.54, 1.807) is 0 Å². The smallest absolute Gasteiger partial charge is 0.339 e. The van der Waals surface area contributed by atoms with Crippen LogP contribution >= 0.6 is 0 Å². The Morgan fingerprint density at radius 1 is 1.32 bits per heavy atom. The fourth-order valence-corrected chi connectivity index (χ4v) is 1.55. The summed E-state index contributed by atoms with van der Waals surface area (Å²) in [5, 5.41) is 11.4. The summed E-state index contributed by atoms with van der Waals surface area (Å²) in [6.07, 6.45) is 1.36. The maximum atomic E-state index is 13.6. The fourth-order valence-electron chi connectivity index (χ4n) is 1.55. The largest absolute Gasteiger partial charge is 0.478 e. The Kier molecular flexibility index (Phi) is 3.41. The number of nitrogens with zero attached hydrogens (tertiary/aromatic N) is 1. The summed E-state index contributed by atoms with van der Waals surface area (Å²) in [5.41, 5.74) is -0.116. The lowest BCUT2D eigenvalue weighted by Crippen LogP contribution is -2.05. The lowest BCUT2D eigenvalue weighted by molar-refractivity contribution is 0.0697. The van der Waals surface area contributed by atoms with Crippen molar-refractivity contribution in [2.24, 2.45) is 0 Å². The molecule has 0 atom stereocenters. The molecule has 0 spiro atoms. The first-order chi connectivity index (χ1) is 8.99. The number of hydrogen-bond donors (Lipinski definition) is 2. The minimum atomic E-state index is -1.21. The van der Waals surface area contributed by atoms with E-state index in [1.165, 1.54) is 25.3 Å². The van der Waals surface area contributed by atoms with E-state index >= 15 is 0 Å². The van der Waals surface area contributed by atoms with Gasteiger partial charge in [0, 0.05) is 12.3 Å². The van der Waals surface area contributed by atoms with Gasteiger partial charge in [0.1, 0.15) is 23.0 Å². The average Bonchev–Trinajstić information content (AvgIpc) is 2.36. The predicted molar refractivity (Wildman–Crippen MR) is 65.6 cm³/mol. The number of carboxylic acid groups (broad SMARTS) is 1. The number of rotatable bonds is 3. The Balaban J connectivity index is 2.42. The van der Waals surface area contributed by atoms with Crippen LogP contribution < -0.4 is 5.32 Å². The first kappa shape index (κ1) is 12.9. The molecule has 0 amide bonds. The highest BCUT2D eigenvalue weighted by atomic mass is 19.1. The number of aryl methyl sites for hydroxylation is 1. The number of pyridine rings is 1. The van der Waals surface area contributed by atoms with Gasteiger partial charge in [-0.2, -0.15) is 0 Å². The van der Waals surface area contributed by atoms with Gasteiger partial charge in [-0.05, 0) is 30.7 Å². The molecule has 0 saturated heterocycles. The number of carboxylic acids is 1. The second-order valence-corrected chi connectivity index (χ2v) is 3.91. The summed E-state index contributed by atoms with van der Waals surface area (Å²) >= 11 is 0. The number of benzene rings is 1. The van der Waals surface area contributed by atoms with Gasteiger partial charge in [-0.1, -0.05) is 0 Å². The zero-order valence-corrected chi connectivity index (χ0v) is 9.95. The summed E-state index contributed by atoms with van der Waals surface area (Å²) in [6, 6.07) is 4.76. The van der Waals surface area contributed by atoms with Crippen LogP contribution in [0.2, 0.25) is 0 Å². The molecular weight excluding hydrogens is 254 g/mol. The van der Waals surface area contributed by atoms with Crippen molar-refractivity contribution in [2.45, 2.75) is 6.92 Å². The van der Waals surface area contributed by atoms with Gasteiger partial charge in [-0.15, -0.1) is 0 Å². The monoisotopic (exact) mass is 264 g/mol. The zero-order chi connectivity index (χ0) is 14.0. The SMILES string of the molecule is Cc1cc(F)c(Nc2ncccc2C(=O)O)cc1F. The Morgan fingerprint density at radius 2 is 2.05 bits per heavy atom. The topological polar surface area (TPSA) is 62.2 Å². The predicted octanol–water partition coefficient (Wildman–Crippen LogP) is 3.11. The molecular formula is C13H10F2N2O2. The van der Waals surface area contributed by atoms with Gasteiger partial charge in [0.05, 0.1) is 5.69 Å². The molecule has 4 nitrogen and oxygen atoms in total. The molecule has 2 N–H and O–H groups in total. The number of aromatic nitrogens is 1. The maximum Gasteiger partial charge on any atom is 0.339 e. The highest BCUT2D eigenvalue weighted by Gasteiger charge is 2.13. The Hall–Kier alpha value is -2.50. The number of carbonyl (C=O) groups is 1. The Bertz CT molecular complexity index is 645. The highest BCUT2D eigenvalue weighted by Crippen LogP contribution is 2.23. The second kappa shape index (κ2) is 5.01. The summed E-state index contributed by atoms with van der Waals surface area (Å²) in [5.74, 6) is -2.52. The second-order valence-electron chi connectivity index (χ2n) is 3.91. The summed E-state index contributed by atoms with van der Waals surface area (Å²) in [4.78, 5) is 14.8. The molecule has 98 valence electrons. The average molecular weight is 264 g/mol. The summed E-state index contributed by atoms with van der Waals surface area (Å²) in [7, 11) is 0. The van der Waals surface area contributed by atoms with Gasteiger partial charge < -0.3 is 10.4 Å². The van der Waals surface area contributed by atoms with E-state index in [4.69, 9.17) is 5.11 Å². The number of aromatic carboxylic acids is 1. The molecule has 2 aromatic rings. The van der Waals surface area contributed by atoms with Crippen LogP contribution in [0, 0.1) is 18.6 Å². The fraction of sp³-hybridized carbons (Fsp3) is 0.0769. The number of halogens is 2. The standard InChI is InChI=1S/C13H10F2N2O2/c1-7-5-10(15)11(6-9(7)14)17-12-8(13(18)19)3-2-4-16-12/h2-6H,1H3,(H,16,17)(H,18,19). The normalized spacial score (nSPS) is 10.3. The number of nitrogens with one attached hydrogen (secondary N) is 1. The molecule has 6 heteroatoms. The van der Waals surface area contributed by atoms with Crippen molar-refractivity contribution >= 4 is 17.5 Å². The van der Waals surface area contributed by atoms with Gasteiger partial charge >= 0.3 is 5.97 Å². The van der Waals surface area contributed by atoms with Crippen molar-refractivity contribution < 1.29 is 18.7 Å². The lowest BCUT2D eigenvalue weighted by Gasteiger charge is -2.10. The molecule has 1 heterocycles. The van der Waals surface area contributed by atoms with E-state index in [9.17, 15) is 13.6 Å². The van der Waals surface area contributed by atoms with Crippen molar-refractivity contribution in [2.75, 3.05) is 5.32 Å². The first-order valence-corrected chi connectivity index (χ1v) is 5.40. The number of hydrogen-bond acceptors (Lipinski definition) is 3. The molecule has 1 aromatic heterocycles. The van der Waals surface area contributed by atoms with E-state index in [-0.39, 0.29) is 22.6 Å². The quantitative estimate of drug-likeness (QED) is 0.894. The van der Waals surface area contributed by atoms with Crippen molar-refractivity contribution in [1.82, 2.24) is 4.98 Å². The van der Waals surface area contributed by atoms with Crippen LogP contribution in [0.1, 0.15) is 15.9 Å². The molecule has 0 aliphatic heterocycles. The third kappa shape index (κ3) is 2.67. The van der Waals surface area contributed by atoms with Crippen LogP contribution in [-0.2, 0) is 0 Å². The molecule has 0 aliphatic carbocycles. The summed E-state index contributed by atoms with van der Waals surface area (Å²) < 4.78 is 27.0. The Labute approximate surface area is 107 Å². The van der Waals surface area contributed by atoms with Gasteiger partial charge in [0.2, 0.25) is 0 Å². The molecule has 0 bridgehead atoms. The van der Waals surface area contributed by atoms with Crippen LogP contribution in [-0.4, -0.2) is 16.1 Å². The molecule has 0 aliphatic rings. The van der Waals surface area contributed by atoms with Crippen LogP contribution in [0.4, 0.5) is 20.3 Å². The van der Waals surface area contributed by atoms with Crippen molar-refractivity contribution in [3.63, 3.8) is 0 Å². The van der Waals surface area contributed by atoms with E-state index in [0.29, 0.717) is 0 Å². The van der Waals surface area contributed by atoms with Gasteiger partial charge in [0.15, 0.2) is 0 Å².